The van der Waals surface area contributed by atoms with Crippen LogP contribution in [0.1, 0.15) is 37.0 Å². The number of anilines is 1. The monoisotopic (exact) mass is 358 g/mol. The van der Waals surface area contributed by atoms with Gasteiger partial charge in [0.05, 0.1) is 0 Å². The Hall–Kier alpha value is -1.75. The van der Waals surface area contributed by atoms with E-state index in [2.05, 4.69) is 25.7 Å². The molecule has 2 saturated heterocycles. The smallest absolute Gasteiger partial charge is 0.254 e. The summed E-state index contributed by atoms with van der Waals surface area (Å²) in [5.74, 6) is 2.65. The largest absolute Gasteiger partial charge is 0.334 e. The van der Waals surface area contributed by atoms with Crippen molar-refractivity contribution in [2.75, 3.05) is 23.4 Å². The van der Waals surface area contributed by atoms with Crippen LogP contribution in [-0.2, 0) is 4.79 Å². The Morgan fingerprint density at radius 2 is 2.08 bits per heavy atom. The molecule has 4 nitrogen and oxygen atoms in total. The molecule has 1 aromatic carbocycles. The minimum atomic E-state index is -0.271. The van der Waals surface area contributed by atoms with E-state index in [4.69, 9.17) is 0 Å². The maximum atomic E-state index is 13.1. The standard InChI is InChI=1S/C20H26N2O2S/c1-4-17(23)21-16-7-5-6-15(12-16)19(24)22-13-20(18(22)14(2)3)8-10-25-11-9-20/h4-7,12,14,18H,1,8-11,13H2,2-3H3,(H,21,23). The number of nitrogens with zero attached hydrogens (tertiary/aromatic N) is 1. The fourth-order valence-corrected chi connectivity index (χ4v) is 5.64. The van der Waals surface area contributed by atoms with E-state index >= 15 is 0 Å². The zero-order valence-corrected chi connectivity index (χ0v) is 15.8. The first-order valence-electron chi connectivity index (χ1n) is 8.89. The van der Waals surface area contributed by atoms with E-state index in [1.165, 1.54) is 30.4 Å². The molecule has 0 aliphatic carbocycles. The minimum Gasteiger partial charge on any atom is -0.334 e. The summed E-state index contributed by atoms with van der Waals surface area (Å²) in [6, 6.07) is 7.48. The van der Waals surface area contributed by atoms with Gasteiger partial charge in [0.1, 0.15) is 0 Å². The highest BCUT2D eigenvalue weighted by molar-refractivity contribution is 7.99. The molecule has 2 heterocycles. The van der Waals surface area contributed by atoms with Crippen LogP contribution in [-0.4, -0.2) is 40.8 Å². The van der Waals surface area contributed by atoms with Crippen LogP contribution in [0.2, 0.25) is 0 Å². The Morgan fingerprint density at radius 3 is 2.72 bits per heavy atom. The number of benzene rings is 1. The lowest BCUT2D eigenvalue weighted by molar-refractivity contribution is -0.111. The number of thioether (sulfide) groups is 1. The molecule has 1 spiro atoms. The zero-order chi connectivity index (χ0) is 18.0. The van der Waals surface area contributed by atoms with Crippen LogP contribution in [0.4, 0.5) is 5.69 Å². The van der Waals surface area contributed by atoms with Gasteiger partial charge in [0.15, 0.2) is 0 Å². The van der Waals surface area contributed by atoms with Gasteiger partial charge in [0.25, 0.3) is 5.91 Å². The van der Waals surface area contributed by atoms with Crippen molar-refractivity contribution in [3.63, 3.8) is 0 Å². The molecule has 0 radical (unpaired) electrons. The normalized spacial score (nSPS) is 21.7. The number of carbonyl (C=O) groups is 2. The molecule has 134 valence electrons. The summed E-state index contributed by atoms with van der Waals surface area (Å²) < 4.78 is 0. The fraction of sp³-hybridized carbons (Fsp3) is 0.500. The summed E-state index contributed by atoms with van der Waals surface area (Å²) in [5.41, 5.74) is 1.57. The average molecular weight is 359 g/mol. The van der Waals surface area contributed by atoms with Gasteiger partial charge >= 0.3 is 0 Å². The molecule has 5 heteroatoms. The third kappa shape index (κ3) is 3.47. The molecular weight excluding hydrogens is 332 g/mol. The maximum Gasteiger partial charge on any atom is 0.254 e. The first kappa shape index (κ1) is 18.1. The van der Waals surface area contributed by atoms with Crippen LogP contribution >= 0.6 is 11.8 Å². The molecular formula is C20H26N2O2S. The lowest BCUT2D eigenvalue weighted by atomic mass is 9.63. The van der Waals surface area contributed by atoms with Crippen LogP contribution in [0.15, 0.2) is 36.9 Å². The van der Waals surface area contributed by atoms with Crippen LogP contribution in [0.25, 0.3) is 0 Å². The Balaban J connectivity index is 1.78. The van der Waals surface area contributed by atoms with E-state index < -0.39 is 0 Å². The van der Waals surface area contributed by atoms with Gasteiger partial charge in [0, 0.05) is 29.3 Å². The van der Waals surface area contributed by atoms with E-state index in [-0.39, 0.29) is 11.8 Å². The highest BCUT2D eigenvalue weighted by atomic mass is 32.2. The maximum absolute atomic E-state index is 13.1. The second-order valence-electron chi connectivity index (χ2n) is 7.37. The van der Waals surface area contributed by atoms with Crippen LogP contribution in [0.5, 0.6) is 0 Å². The number of hydrogen-bond donors (Lipinski definition) is 1. The van der Waals surface area contributed by atoms with Crippen molar-refractivity contribution in [1.29, 1.82) is 0 Å². The Bertz CT molecular complexity index is 680. The first-order chi connectivity index (χ1) is 12.0. The molecule has 2 aliphatic heterocycles. The van der Waals surface area contributed by atoms with Crippen LogP contribution in [0, 0.1) is 11.3 Å². The molecule has 1 aromatic rings. The van der Waals surface area contributed by atoms with Gasteiger partial charge in [-0.05, 0) is 54.5 Å². The molecule has 1 N–H and O–H groups in total. The number of nitrogens with one attached hydrogen (secondary N) is 1. The molecule has 1 unspecified atom stereocenters. The van der Waals surface area contributed by atoms with E-state index in [0.717, 1.165) is 6.54 Å². The molecule has 1 atom stereocenters. The average Bonchev–Trinajstić information content (AvgIpc) is 2.59. The quantitative estimate of drug-likeness (QED) is 0.833. The van der Waals surface area contributed by atoms with Crippen molar-refractivity contribution < 1.29 is 9.59 Å². The van der Waals surface area contributed by atoms with Crippen LogP contribution < -0.4 is 5.32 Å². The van der Waals surface area contributed by atoms with Crippen molar-refractivity contribution in [1.82, 2.24) is 4.90 Å². The topological polar surface area (TPSA) is 49.4 Å². The fourth-order valence-electron chi connectivity index (χ4n) is 4.34. The van der Waals surface area contributed by atoms with Gasteiger partial charge in [0.2, 0.25) is 5.91 Å². The summed E-state index contributed by atoms with van der Waals surface area (Å²) in [7, 11) is 0. The summed E-state index contributed by atoms with van der Waals surface area (Å²) in [4.78, 5) is 26.6. The van der Waals surface area contributed by atoms with Gasteiger partial charge in [-0.3, -0.25) is 9.59 Å². The van der Waals surface area contributed by atoms with Gasteiger partial charge in [-0.2, -0.15) is 11.8 Å². The SMILES string of the molecule is C=CC(=O)Nc1cccc(C(=O)N2CC3(CCSCC3)C2C(C)C)c1. The number of amides is 2. The second kappa shape index (κ2) is 7.24. The lowest BCUT2D eigenvalue weighted by Gasteiger charge is -2.61. The zero-order valence-electron chi connectivity index (χ0n) is 15.0. The summed E-state index contributed by atoms with van der Waals surface area (Å²) in [6.45, 7) is 8.75. The number of rotatable bonds is 4. The predicted molar refractivity (Wildman–Crippen MR) is 104 cm³/mol. The van der Waals surface area contributed by atoms with Crippen LogP contribution in [0.3, 0.4) is 0 Å². The first-order valence-corrected chi connectivity index (χ1v) is 10.0. The number of hydrogen-bond acceptors (Lipinski definition) is 3. The van der Waals surface area contributed by atoms with Gasteiger partial charge in [-0.1, -0.05) is 26.5 Å². The molecule has 0 aromatic heterocycles. The van der Waals surface area contributed by atoms with Gasteiger partial charge in [-0.25, -0.2) is 0 Å². The highest BCUT2D eigenvalue weighted by Crippen LogP contribution is 2.51. The minimum absolute atomic E-state index is 0.0669. The summed E-state index contributed by atoms with van der Waals surface area (Å²) in [6.07, 6.45) is 3.64. The van der Waals surface area contributed by atoms with Crippen molar-refractivity contribution in [2.24, 2.45) is 11.3 Å². The lowest BCUT2D eigenvalue weighted by Crippen LogP contribution is -2.69. The molecule has 2 aliphatic rings. The summed E-state index contributed by atoms with van der Waals surface area (Å²) >= 11 is 2.02. The van der Waals surface area contributed by atoms with E-state index in [1.54, 1.807) is 12.1 Å². The molecule has 0 saturated carbocycles. The molecule has 2 amide bonds. The van der Waals surface area contributed by atoms with E-state index in [9.17, 15) is 9.59 Å². The van der Waals surface area contributed by atoms with E-state index in [1.807, 2.05) is 28.8 Å². The van der Waals surface area contributed by atoms with E-state index in [0.29, 0.717) is 28.6 Å². The number of likely N-dealkylation sites (tertiary alicyclic amines) is 1. The highest BCUT2D eigenvalue weighted by Gasteiger charge is 2.55. The molecule has 0 bridgehead atoms. The van der Waals surface area contributed by atoms with Crippen molar-refractivity contribution >= 4 is 29.3 Å². The third-order valence-corrected chi connectivity index (χ3v) is 6.38. The second-order valence-corrected chi connectivity index (χ2v) is 8.60. The van der Waals surface area contributed by atoms with Crippen molar-refractivity contribution in [3.05, 3.63) is 42.5 Å². The van der Waals surface area contributed by atoms with Crippen molar-refractivity contribution in [3.8, 4) is 0 Å². The molecule has 25 heavy (non-hydrogen) atoms. The number of carbonyl (C=O) groups excluding carboxylic acids is 2. The van der Waals surface area contributed by atoms with Gasteiger partial charge in [-0.15, -0.1) is 0 Å². The predicted octanol–water partition coefficient (Wildman–Crippen LogP) is 3.80. The molecule has 3 rings (SSSR count). The molecule has 2 fully saturated rings. The van der Waals surface area contributed by atoms with Crippen molar-refractivity contribution in [2.45, 2.75) is 32.7 Å². The third-order valence-electron chi connectivity index (χ3n) is 5.39. The van der Waals surface area contributed by atoms with Gasteiger partial charge < -0.3 is 10.2 Å². The summed E-state index contributed by atoms with van der Waals surface area (Å²) in [5, 5.41) is 2.72. The Kier molecular flexibility index (Phi) is 5.23. The Morgan fingerprint density at radius 1 is 1.36 bits per heavy atom. The Labute approximate surface area is 154 Å².